The van der Waals surface area contributed by atoms with Crippen molar-refractivity contribution in [2.45, 2.75) is 50.8 Å². The van der Waals surface area contributed by atoms with Crippen LogP contribution in [0.1, 0.15) is 46.4 Å². The Kier molecular flexibility index (Phi) is 6.20. The second kappa shape index (κ2) is 9.47. The Balaban J connectivity index is 1.21. The number of hydrogen-bond acceptors (Lipinski definition) is 7. The van der Waals surface area contributed by atoms with Crippen LogP contribution in [-0.2, 0) is 13.6 Å². The normalized spacial score (nSPS) is 18.1. The van der Waals surface area contributed by atoms with Gasteiger partial charge >= 0.3 is 0 Å². The summed E-state index contributed by atoms with van der Waals surface area (Å²) in [5.74, 6) is -0.748. The average Bonchev–Trinajstić information content (AvgIpc) is 3.42. The van der Waals surface area contributed by atoms with Crippen molar-refractivity contribution in [2.75, 3.05) is 0 Å². The lowest BCUT2D eigenvalue weighted by atomic mass is 9.92. The fraction of sp³-hybridized carbons (Fsp3) is 0.391. The third-order valence-corrected chi connectivity index (χ3v) is 6.27. The Labute approximate surface area is 203 Å². The third-order valence-electron chi connectivity index (χ3n) is 6.27. The van der Waals surface area contributed by atoms with Crippen LogP contribution in [0.5, 0.6) is 5.88 Å². The Morgan fingerprint density at radius 1 is 1.11 bits per heavy atom. The number of amides is 2. The summed E-state index contributed by atoms with van der Waals surface area (Å²) >= 11 is 0. The zero-order valence-electron chi connectivity index (χ0n) is 19.4. The Morgan fingerprint density at radius 2 is 1.83 bits per heavy atom. The van der Waals surface area contributed by atoms with Gasteiger partial charge in [0.1, 0.15) is 18.2 Å². The second-order valence-corrected chi connectivity index (χ2v) is 8.81. The molecule has 0 aliphatic heterocycles. The number of carbonyl (C=O) groups excluding carboxylic acids is 2. The summed E-state index contributed by atoms with van der Waals surface area (Å²) in [4.78, 5) is 33.3. The molecule has 1 aliphatic rings. The summed E-state index contributed by atoms with van der Waals surface area (Å²) in [6.45, 7) is -0.556. The molecule has 2 amide bonds. The van der Waals surface area contributed by atoms with Gasteiger partial charge in [-0.05, 0) is 37.8 Å². The third kappa shape index (κ3) is 4.68. The van der Waals surface area contributed by atoms with E-state index in [4.69, 9.17) is 10.5 Å². The maximum atomic E-state index is 12.8. The molecule has 1 fully saturated rings. The Morgan fingerprint density at radius 3 is 2.56 bits per heavy atom. The first-order valence-electron chi connectivity index (χ1n) is 11.5. The molecular weight excluding hydrogens is 474 g/mol. The minimum absolute atomic E-state index is 0.0715. The van der Waals surface area contributed by atoms with Crippen LogP contribution in [0.25, 0.3) is 22.1 Å². The lowest BCUT2D eigenvalue weighted by molar-refractivity contribution is 0.0881. The fourth-order valence-electron chi connectivity index (χ4n) is 4.44. The standard InChI is InChI=1S/C23H24F2N8O3/c1-32-21-13(9-28-32)7-17(19(26)34)23(31-21)36-16-4-2-15(3-5-16)30-22(35)14-6-12-10-29-33(11-18(24)25)20(12)27-8-14/h6-10,15-16,18H,2-5,11H2,1H3,(H2,26,34)(H,30,35)/t15-,16-. The molecule has 1 saturated carbocycles. The van der Waals surface area contributed by atoms with Gasteiger partial charge in [0, 0.05) is 30.1 Å². The van der Waals surface area contributed by atoms with E-state index in [0.29, 0.717) is 53.3 Å². The van der Waals surface area contributed by atoms with Crippen LogP contribution in [0.2, 0.25) is 0 Å². The highest BCUT2D eigenvalue weighted by atomic mass is 19.3. The molecule has 4 aromatic rings. The summed E-state index contributed by atoms with van der Waals surface area (Å²) in [5, 5.41) is 12.3. The van der Waals surface area contributed by atoms with Gasteiger partial charge in [0.05, 0.1) is 18.0 Å². The van der Waals surface area contributed by atoms with E-state index in [1.165, 1.54) is 12.4 Å². The molecule has 0 radical (unpaired) electrons. The molecule has 0 atom stereocenters. The highest BCUT2D eigenvalue weighted by molar-refractivity contribution is 5.98. The van der Waals surface area contributed by atoms with Crippen molar-refractivity contribution < 1.29 is 23.1 Å². The largest absolute Gasteiger partial charge is 0.474 e. The summed E-state index contributed by atoms with van der Waals surface area (Å²) in [6, 6.07) is 3.14. The molecule has 13 heteroatoms. The molecular formula is C23H24F2N8O3. The molecule has 188 valence electrons. The number of carbonyl (C=O) groups is 2. The predicted octanol–water partition coefficient (Wildman–Crippen LogP) is 2.20. The number of alkyl halides is 2. The summed E-state index contributed by atoms with van der Waals surface area (Å²) < 4.78 is 34.1. The molecule has 11 nitrogen and oxygen atoms in total. The van der Waals surface area contributed by atoms with Crippen molar-refractivity contribution in [1.29, 1.82) is 0 Å². The van der Waals surface area contributed by atoms with Gasteiger partial charge in [0.15, 0.2) is 11.3 Å². The van der Waals surface area contributed by atoms with E-state index >= 15 is 0 Å². The predicted molar refractivity (Wildman–Crippen MR) is 125 cm³/mol. The van der Waals surface area contributed by atoms with Gasteiger partial charge in [-0.25, -0.2) is 18.4 Å². The number of ether oxygens (including phenoxy) is 1. The highest BCUT2D eigenvalue weighted by Crippen LogP contribution is 2.27. The smallest absolute Gasteiger partial charge is 0.258 e. The van der Waals surface area contributed by atoms with Gasteiger partial charge in [-0.1, -0.05) is 0 Å². The molecule has 4 heterocycles. The van der Waals surface area contributed by atoms with Crippen molar-refractivity contribution in [1.82, 2.24) is 34.8 Å². The van der Waals surface area contributed by atoms with E-state index in [0.717, 1.165) is 4.68 Å². The lowest BCUT2D eigenvalue weighted by Crippen LogP contribution is -2.40. The molecule has 0 bridgehead atoms. The number of nitrogens with one attached hydrogen (secondary N) is 1. The number of primary amides is 1. The fourth-order valence-corrected chi connectivity index (χ4v) is 4.44. The van der Waals surface area contributed by atoms with E-state index in [9.17, 15) is 18.4 Å². The van der Waals surface area contributed by atoms with Crippen LogP contribution >= 0.6 is 0 Å². The number of aromatic nitrogens is 6. The van der Waals surface area contributed by atoms with Crippen LogP contribution in [0, 0.1) is 0 Å². The number of nitrogens with zero attached hydrogens (tertiary/aromatic N) is 6. The van der Waals surface area contributed by atoms with E-state index < -0.39 is 18.9 Å². The van der Waals surface area contributed by atoms with Crippen LogP contribution in [0.4, 0.5) is 8.78 Å². The molecule has 5 rings (SSSR count). The summed E-state index contributed by atoms with van der Waals surface area (Å²) in [5.41, 5.74) is 6.95. The summed E-state index contributed by atoms with van der Waals surface area (Å²) in [7, 11) is 1.75. The number of nitrogens with two attached hydrogens (primary N) is 1. The maximum absolute atomic E-state index is 12.8. The van der Waals surface area contributed by atoms with Gasteiger partial charge in [0.25, 0.3) is 18.2 Å². The van der Waals surface area contributed by atoms with E-state index in [1.54, 1.807) is 30.1 Å². The van der Waals surface area contributed by atoms with Crippen molar-refractivity contribution in [3.8, 4) is 5.88 Å². The molecule has 0 unspecified atom stereocenters. The molecule has 4 aromatic heterocycles. The minimum atomic E-state index is -2.55. The Hall–Kier alpha value is -4.16. The van der Waals surface area contributed by atoms with Crippen LogP contribution in [-0.4, -0.2) is 59.9 Å². The second-order valence-electron chi connectivity index (χ2n) is 8.81. The number of aryl methyl sites for hydroxylation is 1. The summed E-state index contributed by atoms with van der Waals surface area (Å²) in [6.07, 6.45) is 4.27. The zero-order valence-corrected chi connectivity index (χ0v) is 19.4. The van der Waals surface area contributed by atoms with Crippen LogP contribution in [0.3, 0.4) is 0 Å². The first-order valence-corrected chi connectivity index (χ1v) is 11.5. The van der Waals surface area contributed by atoms with E-state index in [2.05, 4.69) is 25.5 Å². The van der Waals surface area contributed by atoms with Gasteiger partial charge in [0.2, 0.25) is 5.88 Å². The topological polar surface area (TPSA) is 143 Å². The number of pyridine rings is 2. The van der Waals surface area contributed by atoms with Crippen molar-refractivity contribution in [3.63, 3.8) is 0 Å². The maximum Gasteiger partial charge on any atom is 0.258 e. The zero-order chi connectivity index (χ0) is 25.4. The SMILES string of the molecule is Cn1ncc2cc(C(N)=O)c(O[C@H]3CC[C@H](NC(=O)c4cnc5c(cnn5CC(F)F)c4)CC3)nc21. The van der Waals surface area contributed by atoms with Crippen LogP contribution < -0.4 is 15.8 Å². The number of halogens is 2. The van der Waals surface area contributed by atoms with Gasteiger partial charge in [-0.3, -0.25) is 14.3 Å². The Bertz CT molecular complexity index is 1440. The monoisotopic (exact) mass is 498 g/mol. The van der Waals surface area contributed by atoms with E-state index in [1.807, 2.05) is 0 Å². The van der Waals surface area contributed by atoms with Crippen molar-refractivity contribution in [2.24, 2.45) is 12.8 Å². The molecule has 0 saturated heterocycles. The lowest BCUT2D eigenvalue weighted by Gasteiger charge is -2.29. The average molecular weight is 498 g/mol. The van der Waals surface area contributed by atoms with Gasteiger partial charge in [-0.15, -0.1) is 0 Å². The van der Waals surface area contributed by atoms with Gasteiger partial charge < -0.3 is 15.8 Å². The number of rotatable bonds is 7. The first kappa shape index (κ1) is 23.6. The van der Waals surface area contributed by atoms with Crippen molar-refractivity contribution >= 4 is 33.9 Å². The molecule has 0 aromatic carbocycles. The first-order chi connectivity index (χ1) is 17.3. The van der Waals surface area contributed by atoms with E-state index in [-0.39, 0.29) is 29.5 Å². The van der Waals surface area contributed by atoms with Gasteiger partial charge in [-0.2, -0.15) is 15.2 Å². The molecule has 36 heavy (non-hydrogen) atoms. The number of fused-ring (bicyclic) bond motifs is 2. The highest BCUT2D eigenvalue weighted by Gasteiger charge is 2.26. The number of hydrogen-bond donors (Lipinski definition) is 2. The molecule has 0 spiro atoms. The quantitative estimate of drug-likeness (QED) is 0.398. The minimum Gasteiger partial charge on any atom is -0.474 e. The van der Waals surface area contributed by atoms with Crippen LogP contribution in [0.15, 0.2) is 30.7 Å². The molecule has 3 N–H and O–H groups in total. The molecule has 1 aliphatic carbocycles. The van der Waals surface area contributed by atoms with Crippen molar-refractivity contribution in [3.05, 3.63) is 41.9 Å².